The van der Waals surface area contributed by atoms with Gasteiger partial charge in [-0.1, -0.05) is 18.2 Å². The zero-order valence-electron chi connectivity index (χ0n) is 12.4. The molecule has 1 atom stereocenters. The SMILES string of the molecule is CCN1CCN(C(CN)c2ccccc2OC)C(=O)C1=O. The maximum absolute atomic E-state index is 12.3. The molecule has 0 bridgehead atoms. The van der Waals surface area contributed by atoms with E-state index in [1.54, 1.807) is 16.9 Å². The quantitative estimate of drug-likeness (QED) is 0.796. The molecule has 6 heteroatoms. The van der Waals surface area contributed by atoms with Gasteiger partial charge in [-0.15, -0.1) is 0 Å². The number of hydrogen-bond donors (Lipinski definition) is 1. The van der Waals surface area contributed by atoms with Crippen molar-refractivity contribution >= 4 is 11.8 Å². The lowest BCUT2D eigenvalue weighted by atomic mass is 10.0. The molecule has 1 aromatic rings. The van der Waals surface area contributed by atoms with Gasteiger partial charge in [0.25, 0.3) is 0 Å². The van der Waals surface area contributed by atoms with Gasteiger partial charge in [-0.05, 0) is 13.0 Å². The van der Waals surface area contributed by atoms with Gasteiger partial charge in [-0.25, -0.2) is 0 Å². The fourth-order valence-corrected chi connectivity index (χ4v) is 2.65. The average Bonchev–Trinajstić information content (AvgIpc) is 2.52. The number of methoxy groups -OCH3 is 1. The van der Waals surface area contributed by atoms with Gasteiger partial charge in [0, 0.05) is 31.7 Å². The first-order valence-corrected chi connectivity index (χ1v) is 7.06. The number of nitrogens with zero attached hydrogens (tertiary/aromatic N) is 2. The summed E-state index contributed by atoms with van der Waals surface area (Å²) in [5.41, 5.74) is 6.69. The molecule has 0 spiro atoms. The van der Waals surface area contributed by atoms with Crippen molar-refractivity contribution in [2.75, 3.05) is 33.3 Å². The number of benzene rings is 1. The Morgan fingerprint density at radius 2 is 1.95 bits per heavy atom. The van der Waals surface area contributed by atoms with Crippen LogP contribution in [0.25, 0.3) is 0 Å². The number of carbonyl (C=O) groups is 2. The Labute approximate surface area is 124 Å². The molecule has 1 aliphatic heterocycles. The van der Waals surface area contributed by atoms with Crippen molar-refractivity contribution in [1.82, 2.24) is 9.80 Å². The van der Waals surface area contributed by atoms with Crippen LogP contribution < -0.4 is 10.5 Å². The van der Waals surface area contributed by atoms with E-state index in [4.69, 9.17) is 10.5 Å². The molecule has 2 rings (SSSR count). The zero-order chi connectivity index (χ0) is 15.4. The third-order valence-corrected chi connectivity index (χ3v) is 3.82. The molecule has 2 amide bonds. The fraction of sp³-hybridized carbons (Fsp3) is 0.467. The van der Waals surface area contributed by atoms with E-state index in [0.29, 0.717) is 25.4 Å². The molecule has 1 aromatic carbocycles. The molecule has 0 saturated carbocycles. The van der Waals surface area contributed by atoms with Gasteiger partial charge in [-0.2, -0.15) is 0 Å². The second-order valence-electron chi connectivity index (χ2n) is 4.88. The summed E-state index contributed by atoms with van der Waals surface area (Å²) in [6.07, 6.45) is 0. The lowest BCUT2D eigenvalue weighted by Gasteiger charge is -2.38. The summed E-state index contributed by atoms with van der Waals surface area (Å²) in [5.74, 6) is -0.285. The summed E-state index contributed by atoms with van der Waals surface area (Å²) >= 11 is 0. The summed E-state index contributed by atoms with van der Waals surface area (Å²) in [7, 11) is 1.58. The van der Waals surface area contributed by atoms with Crippen molar-refractivity contribution in [2.24, 2.45) is 5.73 Å². The molecule has 0 radical (unpaired) electrons. The number of amides is 2. The first-order chi connectivity index (χ1) is 10.1. The Balaban J connectivity index is 2.30. The molecular formula is C15H21N3O3. The lowest BCUT2D eigenvalue weighted by molar-refractivity contribution is -0.157. The van der Waals surface area contributed by atoms with Crippen LogP contribution >= 0.6 is 0 Å². The second-order valence-corrected chi connectivity index (χ2v) is 4.88. The fourth-order valence-electron chi connectivity index (χ4n) is 2.65. The normalized spacial score (nSPS) is 17.1. The van der Waals surface area contributed by atoms with Crippen LogP contribution in [0.4, 0.5) is 0 Å². The van der Waals surface area contributed by atoms with Crippen molar-refractivity contribution in [3.63, 3.8) is 0 Å². The Kier molecular flexibility index (Phi) is 4.80. The molecule has 1 saturated heterocycles. The predicted molar refractivity (Wildman–Crippen MR) is 78.8 cm³/mol. The standard InChI is InChI=1S/C15H21N3O3/c1-3-17-8-9-18(15(20)14(17)19)12(10-16)11-6-4-5-7-13(11)21-2/h4-7,12H,3,8-10,16H2,1-2H3. The summed E-state index contributed by atoms with van der Waals surface area (Å²) in [6, 6.07) is 7.08. The summed E-state index contributed by atoms with van der Waals surface area (Å²) in [4.78, 5) is 27.4. The highest BCUT2D eigenvalue weighted by Crippen LogP contribution is 2.29. The molecule has 1 heterocycles. The van der Waals surface area contributed by atoms with Gasteiger partial charge in [0.15, 0.2) is 0 Å². The van der Waals surface area contributed by atoms with E-state index in [1.807, 2.05) is 31.2 Å². The Bertz CT molecular complexity index is 533. The van der Waals surface area contributed by atoms with Crippen LogP contribution in [0.1, 0.15) is 18.5 Å². The second kappa shape index (κ2) is 6.58. The van der Waals surface area contributed by atoms with Gasteiger partial charge < -0.3 is 20.3 Å². The first-order valence-electron chi connectivity index (χ1n) is 7.06. The van der Waals surface area contributed by atoms with Crippen molar-refractivity contribution in [3.8, 4) is 5.75 Å². The number of carbonyl (C=O) groups excluding carboxylic acids is 2. The number of piperazine rings is 1. The van der Waals surface area contributed by atoms with Crippen LogP contribution in [0.2, 0.25) is 0 Å². The molecule has 2 N–H and O–H groups in total. The maximum atomic E-state index is 12.3. The smallest absolute Gasteiger partial charge is 0.312 e. The molecule has 21 heavy (non-hydrogen) atoms. The van der Waals surface area contributed by atoms with Crippen molar-refractivity contribution in [2.45, 2.75) is 13.0 Å². The lowest BCUT2D eigenvalue weighted by Crippen LogP contribution is -2.56. The van der Waals surface area contributed by atoms with E-state index < -0.39 is 11.8 Å². The Morgan fingerprint density at radius 1 is 1.24 bits per heavy atom. The molecule has 1 fully saturated rings. The van der Waals surface area contributed by atoms with Crippen LogP contribution in [0.3, 0.4) is 0 Å². The molecule has 0 aliphatic carbocycles. The van der Waals surface area contributed by atoms with Gasteiger partial charge in [-0.3, -0.25) is 9.59 Å². The van der Waals surface area contributed by atoms with Gasteiger partial charge >= 0.3 is 11.8 Å². The minimum Gasteiger partial charge on any atom is -0.496 e. The first kappa shape index (κ1) is 15.3. The molecule has 0 aromatic heterocycles. The van der Waals surface area contributed by atoms with Crippen molar-refractivity contribution in [1.29, 1.82) is 0 Å². The van der Waals surface area contributed by atoms with Crippen LogP contribution in [0.5, 0.6) is 5.75 Å². The number of nitrogens with two attached hydrogens (primary N) is 1. The summed E-state index contributed by atoms with van der Waals surface area (Å²) in [6.45, 7) is 3.67. The van der Waals surface area contributed by atoms with Crippen LogP contribution in [0, 0.1) is 0 Å². The van der Waals surface area contributed by atoms with Crippen LogP contribution in [-0.4, -0.2) is 54.9 Å². The highest BCUT2D eigenvalue weighted by Gasteiger charge is 2.36. The number of hydrogen-bond acceptors (Lipinski definition) is 4. The number of rotatable bonds is 5. The number of likely N-dealkylation sites (N-methyl/N-ethyl adjacent to an activating group) is 1. The third kappa shape index (κ3) is 2.85. The van der Waals surface area contributed by atoms with Gasteiger partial charge in [0.05, 0.1) is 13.2 Å². The predicted octanol–water partition coefficient (Wildman–Crippen LogP) is 0.386. The van der Waals surface area contributed by atoms with Crippen molar-refractivity contribution in [3.05, 3.63) is 29.8 Å². The largest absolute Gasteiger partial charge is 0.496 e. The van der Waals surface area contributed by atoms with Crippen LogP contribution in [-0.2, 0) is 9.59 Å². The zero-order valence-corrected chi connectivity index (χ0v) is 12.4. The number of ether oxygens (including phenoxy) is 1. The molecule has 1 unspecified atom stereocenters. The van der Waals surface area contributed by atoms with Gasteiger partial charge in [0.2, 0.25) is 0 Å². The minimum absolute atomic E-state index is 0.242. The summed E-state index contributed by atoms with van der Waals surface area (Å²) in [5, 5.41) is 0. The van der Waals surface area contributed by atoms with E-state index in [2.05, 4.69) is 0 Å². The third-order valence-electron chi connectivity index (χ3n) is 3.82. The molecular weight excluding hydrogens is 270 g/mol. The topological polar surface area (TPSA) is 75.9 Å². The maximum Gasteiger partial charge on any atom is 0.312 e. The van der Waals surface area contributed by atoms with E-state index in [1.165, 1.54) is 0 Å². The Morgan fingerprint density at radius 3 is 2.57 bits per heavy atom. The average molecular weight is 291 g/mol. The molecule has 1 aliphatic rings. The van der Waals surface area contributed by atoms with E-state index in [0.717, 1.165) is 5.56 Å². The van der Waals surface area contributed by atoms with E-state index in [9.17, 15) is 9.59 Å². The minimum atomic E-state index is -0.496. The van der Waals surface area contributed by atoms with Crippen LogP contribution in [0.15, 0.2) is 24.3 Å². The Hall–Kier alpha value is -2.08. The van der Waals surface area contributed by atoms with Gasteiger partial charge in [0.1, 0.15) is 5.75 Å². The number of para-hydroxylation sites is 1. The monoisotopic (exact) mass is 291 g/mol. The highest BCUT2D eigenvalue weighted by molar-refractivity contribution is 6.35. The summed E-state index contributed by atoms with van der Waals surface area (Å²) < 4.78 is 5.33. The van der Waals surface area contributed by atoms with Crippen molar-refractivity contribution < 1.29 is 14.3 Å². The van der Waals surface area contributed by atoms with E-state index in [-0.39, 0.29) is 12.6 Å². The highest BCUT2D eigenvalue weighted by atomic mass is 16.5. The molecule has 114 valence electrons. The molecule has 6 nitrogen and oxygen atoms in total. The van der Waals surface area contributed by atoms with E-state index >= 15 is 0 Å².